The number of rotatable bonds is 1. The van der Waals surface area contributed by atoms with E-state index < -0.39 is 0 Å². The van der Waals surface area contributed by atoms with Gasteiger partial charge in [-0.05, 0) is 31.5 Å². The van der Waals surface area contributed by atoms with Crippen molar-refractivity contribution in [1.29, 1.82) is 0 Å². The number of fused-ring (bicyclic) bond motifs is 1. The molecule has 1 spiro atoms. The van der Waals surface area contributed by atoms with Crippen molar-refractivity contribution in [2.45, 2.75) is 12.8 Å². The largest absolute Gasteiger partial charge is 0.370 e. The Kier molecular flexibility index (Phi) is 2.49. The minimum Gasteiger partial charge on any atom is -0.370 e. The number of para-hydroxylation sites is 1. The fraction of sp³-hybridized carbons (Fsp3) is 0.438. The third kappa shape index (κ3) is 1.80. The molecular weight excluding hydrogens is 234 g/mol. The zero-order chi connectivity index (χ0) is 12.7. The monoisotopic (exact) mass is 253 g/mol. The van der Waals surface area contributed by atoms with Crippen molar-refractivity contribution in [3.05, 3.63) is 36.5 Å². The van der Waals surface area contributed by atoms with E-state index in [4.69, 9.17) is 0 Å². The van der Waals surface area contributed by atoms with Crippen molar-refractivity contribution >= 4 is 16.6 Å². The summed E-state index contributed by atoms with van der Waals surface area (Å²) < 4.78 is 0. The smallest absolute Gasteiger partial charge is 0.0722 e. The molecule has 19 heavy (non-hydrogen) atoms. The van der Waals surface area contributed by atoms with Crippen LogP contribution in [0.15, 0.2) is 36.5 Å². The first kappa shape index (κ1) is 11.2. The summed E-state index contributed by atoms with van der Waals surface area (Å²) in [7, 11) is 0. The Balaban J connectivity index is 1.72. The first-order chi connectivity index (χ1) is 9.36. The lowest BCUT2D eigenvalue weighted by atomic mass is 9.86. The summed E-state index contributed by atoms with van der Waals surface area (Å²) >= 11 is 0. The molecule has 2 aliphatic heterocycles. The maximum Gasteiger partial charge on any atom is 0.0722 e. The van der Waals surface area contributed by atoms with Crippen LogP contribution in [0.3, 0.4) is 0 Å². The van der Waals surface area contributed by atoms with E-state index >= 15 is 0 Å². The van der Waals surface area contributed by atoms with Crippen LogP contribution in [0.5, 0.6) is 0 Å². The van der Waals surface area contributed by atoms with Gasteiger partial charge in [0.05, 0.1) is 5.52 Å². The van der Waals surface area contributed by atoms with Crippen molar-refractivity contribution < 1.29 is 0 Å². The highest BCUT2D eigenvalue weighted by Crippen LogP contribution is 2.39. The van der Waals surface area contributed by atoms with E-state index in [1.54, 1.807) is 0 Å². The van der Waals surface area contributed by atoms with Gasteiger partial charge in [-0.1, -0.05) is 18.2 Å². The van der Waals surface area contributed by atoms with Crippen LogP contribution < -0.4 is 10.2 Å². The third-order valence-corrected chi connectivity index (χ3v) is 4.74. The van der Waals surface area contributed by atoms with Gasteiger partial charge >= 0.3 is 0 Å². The second kappa shape index (κ2) is 4.20. The molecule has 0 amide bonds. The Morgan fingerprint density at radius 2 is 2.11 bits per heavy atom. The average molecular weight is 253 g/mol. The summed E-state index contributed by atoms with van der Waals surface area (Å²) in [5, 5.41) is 4.81. The van der Waals surface area contributed by atoms with Crippen LogP contribution in [0.1, 0.15) is 12.8 Å². The van der Waals surface area contributed by atoms with Crippen molar-refractivity contribution in [2.75, 3.05) is 31.1 Å². The maximum atomic E-state index is 4.46. The minimum absolute atomic E-state index is 0.518. The summed E-state index contributed by atoms with van der Waals surface area (Å²) in [5.41, 5.74) is 2.98. The van der Waals surface area contributed by atoms with Crippen molar-refractivity contribution in [3.63, 3.8) is 0 Å². The van der Waals surface area contributed by atoms with E-state index in [0.717, 1.165) is 5.52 Å². The van der Waals surface area contributed by atoms with Gasteiger partial charge in [0.1, 0.15) is 0 Å². The highest BCUT2D eigenvalue weighted by molar-refractivity contribution is 5.91. The van der Waals surface area contributed by atoms with Crippen LogP contribution in [0, 0.1) is 5.41 Å². The third-order valence-electron chi connectivity index (χ3n) is 4.74. The number of pyridine rings is 1. The van der Waals surface area contributed by atoms with Gasteiger partial charge in [0.2, 0.25) is 0 Å². The van der Waals surface area contributed by atoms with Crippen LogP contribution in [0.25, 0.3) is 10.9 Å². The molecule has 3 nitrogen and oxygen atoms in total. The van der Waals surface area contributed by atoms with Crippen LogP contribution in [0.2, 0.25) is 0 Å². The zero-order valence-corrected chi connectivity index (χ0v) is 11.1. The van der Waals surface area contributed by atoms with Crippen LogP contribution in [0.4, 0.5) is 5.69 Å². The molecule has 1 aromatic heterocycles. The number of hydrogen-bond donors (Lipinski definition) is 1. The summed E-state index contributed by atoms with van der Waals surface area (Å²) in [4.78, 5) is 7.02. The van der Waals surface area contributed by atoms with Gasteiger partial charge in [0, 0.05) is 42.3 Å². The van der Waals surface area contributed by atoms with Crippen molar-refractivity contribution in [1.82, 2.24) is 10.3 Å². The molecule has 2 aromatic rings. The van der Waals surface area contributed by atoms with E-state index in [-0.39, 0.29) is 0 Å². The lowest BCUT2D eigenvalue weighted by Crippen LogP contribution is -2.29. The normalized spacial score (nSPS) is 26.6. The molecule has 4 rings (SSSR count). The molecule has 1 atom stereocenters. The standard InChI is InChI=1S/C16H19N3/c1-2-4-14-13(3-1)15(5-8-18-14)19-10-7-16(12-19)6-9-17-11-16/h1-5,8,17H,6-7,9-12H2. The fourth-order valence-corrected chi connectivity index (χ4v) is 3.64. The van der Waals surface area contributed by atoms with Crippen molar-refractivity contribution in [3.8, 4) is 0 Å². The lowest BCUT2D eigenvalue weighted by molar-refractivity contribution is 0.369. The molecule has 1 aromatic carbocycles. The number of anilines is 1. The molecule has 1 unspecified atom stereocenters. The average Bonchev–Trinajstić information content (AvgIpc) is 3.09. The Morgan fingerprint density at radius 3 is 3.00 bits per heavy atom. The Bertz CT molecular complexity index is 596. The molecule has 0 aliphatic carbocycles. The molecule has 2 fully saturated rings. The number of hydrogen-bond acceptors (Lipinski definition) is 3. The molecule has 0 saturated carbocycles. The Labute approximate surface area is 113 Å². The van der Waals surface area contributed by atoms with E-state index in [9.17, 15) is 0 Å². The predicted octanol–water partition coefficient (Wildman–Crippen LogP) is 2.42. The molecule has 3 heterocycles. The minimum atomic E-state index is 0.518. The van der Waals surface area contributed by atoms with E-state index in [1.807, 2.05) is 6.20 Å². The van der Waals surface area contributed by atoms with Gasteiger partial charge in [-0.15, -0.1) is 0 Å². The molecule has 2 aliphatic rings. The van der Waals surface area contributed by atoms with Gasteiger partial charge in [-0.25, -0.2) is 0 Å². The quantitative estimate of drug-likeness (QED) is 0.846. The molecule has 2 saturated heterocycles. The van der Waals surface area contributed by atoms with Crippen molar-refractivity contribution in [2.24, 2.45) is 5.41 Å². The van der Waals surface area contributed by atoms with Crippen LogP contribution in [-0.4, -0.2) is 31.2 Å². The van der Waals surface area contributed by atoms with Gasteiger partial charge in [0.25, 0.3) is 0 Å². The first-order valence-electron chi connectivity index (χ1n) is 7.16. The molecular formula is C16H19N3. The maximum absolute atomic E-state index is 4.46. The fourth-order valence-electron chi connectivity index (χ4n) is 3.64. The summed E-state index contributed by atoms with van der Waals surface area (Å²) in [6.07, 6.45) is 4.58. The van der Waals surface area contributed by atoms with Gasteiger partial charge in [0.15, 0.2) is 0 Å². The lowest BCUT2D eigenvalue weighted by Gasteiger charge is -2.24. The van der Waals surface area contributed by atoms with Crippen LogP contribution in [-0.2, 0) is 0 Å². The second-order valence-electron chi connectivity index (χ2n) is 5.95. The molecule has 0 radical (unpaired) electrons. The topological polar surface area (TPSA) is 28.2 Å². The summed E-state index contributed by atoms with van der Waals surface area (Å²) in [6.45, 7) is 4.74. The molecule has 0 bridgehead atoms. The highest BCUT2D eigenvalue weighted by atomic mass is 15.2. The van der Waals surface area contributed by atoms with E-state index in [0.29, 0.717) is 5.41 Å². The zero-order valence-electron chi connectivity index (χ0n) is 11.1. The number of nitrogens with zero attached hydrogens (tertiary/aromatic N) is 2. The Morgan fingerprint density at radius 1 is 1.16 bits per heavy atom. The molecule has 3 heteroatoms. The summed E-state index contributed by atoms with van der Waals surface area (Å²) in [6, 6.07) is 10.6. The number of aromatic nitrogens is 1. The SMILES string of the molecule is c1ccc2c(N3CCC4(CCNC4)C3)ccnc2c1. The van der Waals surface area contributed by atoms with Gasteiger partial charge in [-0.3, -0.25) is 4.98 Å². The van der Waals surface area contributed by atoms with E-state index in [2.05, 4.69) is 45.5 Å². The number of nitrogens with one attached hydrogen (secondary N) is 1. The summed E-state index contributed by atoms with van der Waals surface area (Å²) in [5.74, 6) is 0. The highest BCUT2D eigenvalue weighted by Gasteiger charge is 2.40. The van der Waals surface area contributed by atoms with Gasteiger partial charge < -0.3 is 10.2 Å². The van der Waals surface area contributed by atoms with Crippen LogP contribution >= 0.6 is 0 Å². The molecule has 1 N–H and O–H groups in total. The second-order valence-corrected chi connectivity index (χ2v) is 5.95. The first-order valence-corrected chi connectivity index (χ1v) is 7.16. The van der Waals surface area contributed by atoms with E-state index in [1.165, 1.54) is 50.1 Å². The number of benzene rings is 1. The predicted molar refractivity (Wildman–Crippen MR) is 78.5 cm³/mol. The van der Waals surface area contributed by atoms with Gasteiger partial charge in [-0.2, -0.15) is 0 Å². The molecule has 98 valence electrons. The Hall–Kier alpha value is -1.61.